The zero-order valence-electron chi connectivity index (χ0n) is 10.2. The van der Waals surface area contributed by atoms with E-state index in [1.165, 1.54) is 0 Å². The van der Waals surface area contributed by atoms with Crippen LogP contribution in [0.5, 0.6) is 0 Å². The Morgan fingerprint density at radius 2 is 2.18 bits per heavy atom. The first-order valence-corrected chi connectivity index (χ1v) is 5.70. The maximum Gasteiger partial charge on any atom is 0.245 e. The Morgan fingerprint density at radius 3 is 2.71 bits per heavy atom. The maximum absolute atomic E-state index is 12.6. The summed E-state index contributed by atoms with van der Waals surface area (Å²) in [7, 11) is 5.50. The molecule has 2 radical (unpaired) electrons. The number of hydrogen-bond donors (Lipinski definition) is 1. The second-order valence-electron chi connectivity index (χ2n) is 4.57. The van der Waals surface area contributed by atoms with Gasteiger partial charge in [-0.2, -0.15) is 0 Å². The van der Waals surface area contributed by atoms with Gasteiger partial charge in [-0.15, -0.1) is 0 Å². The van der Waals surface area contributed by atoms with Crippen molar-refractivity contribution in [2.75, 3.05) is 11.9 Å². The lowest BCUT2D eigenvalue weighted by atomic mass is 9.99. The monoisotopic (exact) mass is 238 g/mol. The van der Waals surface area contributed by atoms with Gasteiger partial charge in [0.2, 0.25) is 5.92 Å². The molecule has 1 unspecified atom stereocenters. The molecule has 0 saturated heterocycles. The van der Waals surface area contributed by atoms with Crippen LogP contribution in [-0.4, -0.2) is 25.3 Å². The third-order valence-electron chi connectivity index (χ3n) is 2.49. The Hall–Kier alpha value is -1.13. The molecule has 1 aromatic rings. The summed E-state index contributed by atoms with van der Waals surface area (Å²) in [5, 5.41) is 3.10. The molecule has 0 saturated carbocycles. The number of anilines is 1. The van der Waals surface area contributed by atoms with E-state index in [-0.39, 0.29) is 12.3 Å². The predicted octanol–water partition coefficient (Wildman–Crippen LogP) is 2.36. The highest BCUT2D eigenvalue weighted by molar-refractivity contribution is 6.32. The van der Waals surface area contributed by atoms with E-state index in [4.69, 9.17) is 7.85 Å². The van der Waals surface area contributed by atoms with E-state index in [9.17, 15) is 8.78 Å². The average Bonchev–Trinajstić information content (AvgIpc) is 2.25. The Morgan fingerprint density at radius 1 is 1.47 bits per heavy atom. The van der Waals surface area contributed by atoms with Crippen LogP contribution in [0.3, 0.4) is 0 Å². The number of nitrogens with zero attached hydrogens (tertiary/aromatic N) is 1. The van der Waals surface area contributed by atoms with Crippen molar-refractivity contribution in [3.05, 3.63) is 18.3 Å². The van der Waals surface area contributed by atoms with Crippen LogP contribution < -0.4 is 10.8 Å². The van der Waals surface area contributed by atoms with Gasteiger partial charge in [0.05, 0.1) is 0 Å². The molecule has 2 nitrogen and oxygen atoms in total. The van der Waals surface area contributed by atoms with Crippen LogP contribution in [0.2, 0.25) is 0 Å². The third-order valence-corrected chi connectivity index (χ3v) is 2.49. The minimum atomic E-state index is -2.58. The molecule has 0 aliphatic rings. The Bertz CT molecular complexity index is 335. The average molecular weight is 238 g/mol. The number of hydrogen-bond acceptors (Lipinski definition) is 2. The zero-order chi connectivity index (χ0) is 12.9. The Labute approximate surface area is 102 Å². The van der Waals surface area contributed by atoms with Crippen molar-refractivity contribution in [2.24, 2.45) is 5.92 Å². The molecule has 0 aliphatic carbocycles. The first-order valence-electron chi connectivity index (χ1n) is 5.70. The lowest BCUT2D eigenvalue weighted by Gasteiger charge is -2.16. The van der Waals surface area contributed by atoms with Gasteiger partial charge in [0, 0.05) is 19.2 Å². The van der Waals surface area contributed by atoms with Crippen LogP contribution in [0.25, 0.3) is 0 Å². The lowest BCUT2D eigenvalue weighted by Crippen LogP contribution is -2.17. The minimum absolute atomic E-state index is 0.0784. The molecular formula is C12H17BF2N2. The van der Waals surface area contributed by atoms with Gasteiger partial charge in [-0.3, -0.25) is 0 Å². The summed E-state index contributed by atoms with van der Waals surface area (Å²) in [4.78, 5) is 4.07. The summed E-state index contributed by atoms with van der Waals surface area (Å²) in [5.41, 5.74) is 0.606. The van der Waals surface area contributed by atoms with Crippen LogP contribution >= 0.6 is 0 Å². The van der Waals surface area contributed by atoms with Crippen LogP contribution in [0.15, 0.2) is 18.3 Å². The molecule has 0 aromatic carbocycles. The molecule has 0 aliphatic heterocycles. The lowest BCUT2D eigenvalue weighted by molar-refractivity contribution is 0.00766. The molecule has 1 atom stereocenters. The molecule has 1 N–H and O–H groups in total. The fourth-order valence-electron chi connectivity index (χ4n) is 1.39. The van der Waals surface area contributed by atoms with Crippen molar-refractivity contribution in [2.45, 2.75) is 32.6 Å². The van der Waals surface area contributed by atoms with Gasteiger partial charge in [0.15, 0.2) is 0 Å². The van der Waals surface area contributed by atoms with Gasteiger partial charge in [0.1, 0.15) is 13.7 Å². The summed E-state index contributed by atoms with van der Waals surface area (Å²) in [5.74, 6) is -1.68. The van der Waals surface area contributed by atoms with Crippen LogP contribution in [0.1, 0.15) is 26.7 Å². The highest BCUT2D eigenvalue weighted by Gasteiger charge is 2.21. The molecule has 1 aromatic heterocycles. The SMILES string of the molecule is [B]c1ccc(NCC(C)CCC(C)(F)F)nc1. The van der Waals surface area contributed by atoms with Gasteiger partial charge in [0.25, 0.3) is 0 Å². The molecule has 0 bridgehead atoms. The Balaban J connectivity index is 2.28. The molecule has 17 heavy (non-hydrogen) atoms. The number of nitrogens with one attached hydrogen (secondary N) is 1. The minimum Gasteiger partial charge on any atom is -0.370 e. The van der Waals surface area contributed by atoms with Crippen LogP contribution in [0, 0.1) is 5.92 Å². The van der Waals surface area contributed by atoms with Crippen LogP contribution in [0.4, 0.5) is 14.6 Å². The van der Waals surface area contributed by atoms with E-state index in [1.54, 1.807) is 18.3 Å². The van der Waals surface area contributed by atoms with E-state index in [0.29, 0.717) is 24.2 Å². The summed E-state index contributed by atoms with van der Waals surface area (Å²) < 4.78 is 25.3. The molecule has 0 fully saturated rings. The first kappa shape index (κ1) is 13.9. The fourth-order valence-corrected chi connectivity index (χ4v) is 1.39. The van der Waals surface area contributed by atoms with Crippen molar-refractivity contribution in [1.82, 2.24) is 4.98 Å². The molecule has 0 amide bonds. The number of rotatable bonds is 6. The first-order chi connectivity index (χ1) is 7.87. The van der Waals surface area contributed by atoms with E-state index in [2.05, 4.69) is 10.3 Å². The highest BCUT2D eigenvalue weighted by Crippen LogP contribution is 2.21. The van der Waals surface area contributed by atoms with E-state index in [1.807, 2.05) is 6.92 Å². The van der Waals surface area contributed by atoms with Crippen molar-refractivity contribution < 1.29 is 8.78 Å². The van der Waals surface area contributed by atoms with E-state index >= 15 is 0 Å². The number of alkyl halides is 2. The highest BCUT2D eigenvalue weighted by atomic mass is 19.3. The van der Waals surface area contributed by atoms with Crippen molar-refractivity contribution in [3.63, 3.8) is 0 Å². The van der Waals surface area contributed by atoms with E-state index < -0.39 is 5.92 Å². The van der Waals surface area contributed by atoms with E-state index in [0.717, 1.165) is 6.92 Å². The van der Waals surface area contributed by atoms with Gasteiger partial charge >= 0.3 is 0 Å². The smallest absolute Gasteiger partial charge is 0.245 e. The molecule has 1 heterocycles. The second kappa shape index (κ2) is 5.98. The maximum atomic E-state index is 12.6. The van der Waals surface area contributed by atoms with Gasteiger partial charge in [-0.1, -0.05) is 18.5 Å². The van der Waals surface area contributed by atoms with Crippen LogP contribution in [-0.2, 0) is 0 Å². The number of halogens is 2. The van der Waals surface area contributed by atoms with Crippen molar-refractivity contribution >= 4 is 19.1 Å². The van der Waals surface area contributed by atoms with Gasteiger partial charge in [-0.25, -0.2) is 13.8 Å². The zero-order valence-corrected chi connectivity index (χ0v) is 10.2. The molecule has 92 valence electrons. The summed E-state index contributed by atoms with van der Waals surface area (Å²) >= 11 is 0. The molecule has 5 heteroatoms. The topological polar surface area (TPSA) is 24.9 Å². The summed E-state index contributed by atoms with van der Waals surface area (Å²) in [6.45, 7) is 3.53. The van der Waals surface area contributed by atoms with Gasteiger partial charge < -0.3 is 5.32 Å². The summed E-state index contributed by atoms with van der Waals surface area (Å²) in [6, 6.07) is 3.52. The summed E-state index contributed by atoms with van der Waals surface area (Å²) in [6.07, 6.45) is 1.98. The third kappa shape index (κ3) is 6.24. The molecule has 0 spiro atoms. The Kier molecular flexibility index (Phi) is 4.91. The fraction of sp³-hybridized carbons (Fsp3) is 0.583. The predicted molar refractivity (Wildman–Crippen MR) is 67.1 cm³/mol. The number of pyridine rings is 1. The number of aromatic nitrogens is 1. The van der Waals surface area contributed by atoms with Crippen molar-refractivity contribution in [1.29, 1.82) is 0 Å². The van der Waals surface area contributed by atoms with Gasteiger partial charge in [-0.05, 0) is 25.3 Å². The molecular weight excluding hydrogens is 221 g/mol. The van der Waals surface area contributed by atoms with Crippen molar-refractivity contribution in [3.8, 4) is 0 Å². The largest absolute Gasteiger partial charge is 0.370 e. The second-order valence-corrected chi connectivity index (χ2v) is 4.57. The molecule has 1 rings (SSSR count). The quantitative estimate of drug-likeness (QED) is 0.769. The standard InChI is InChI=1S/C12H17BF2N2/c1-9(5-6-12(2,14)15)7-16-11-4-3-10(13)8-17-11/h3-4,8-9H,5-7H2,1-2H3,(H,16,17). The normalized spacial score (nSPS) is 13.4.